The molecule has 5 nitrogen and oxygen atoms in total. The summed E-state index contributed by atoms with van der Waals surface area (Å²) >= 11 is 0. The summed E-state index contributed by atoms with van der Waals surface area (Å²) in [6.07, 6.45) is 2.87. The van der Waals surface area contributed by atoms with E-state index in [-0.39, 0.29) is 49.7 Å². The molecule has 2 aromatic carbocycles. The SMILES string of the molecule is O=C(CCc1c(-c2ccc(F)cc2)[nH]c2c(F)cc(F)cc12)NCc1cnn(C2CC(F)(F)C2)c1. The number of rotatable bonds is 7. The normalized spacial score (nSPS) is 15.3. The number of carbonyl (C=O) groups excluding carboxylic acids is 1. The highest BCUT2D eigenvalue weighted by Gasteiger charge is 2.46. The van der Waals surface area contributed by atoms with Gasteiger partial charge in [0.05, 0.1) is 17.8 Å². The quantitative estimate of drug-likeness (QED) is 0.330. The van der Waals surface area contributed by atoms with Crippen molar-refractivity contribution in [2.75, 3.05) is 0 Å². The number of aromatic amines is 1. The fourth-order valence-corrected chi connectivity index (χ4v) is 4.41. The van der Waals surface area contributed by atoms with Gasteiger partial charge in [0.25, 0.3) is 5.92 Å². The van der Waals surface area contributed by atoms with E-state index in [9.17, 15) is 26.7 Å². The Morgan fingerprint density at radius 3 is 2.57 bits per heavy atom. The molecular weight excluding hydrogens is 467 g/mol. The van der Waals surface area contributed by atoms with Crippen LogP contribution in [-0.2, 0) is 17.8 Å². The zero-order valence-corrected chi connectivity index (χ0v) is 18.4. The van der Waals surface area contributed by atoms with E-state index in [0.717, 1.165) is 6.07 Å². The first-order valence-corrected chi connectivity index (χ1v) is 11.1. The maximum atomic E-state index is 14.4. The van der Waals surface area contributed by atoms with Crippen LogP contribution in [-0.4, -0.2) is 26.6 Å². The lowest BCUT2D eigenvalue weighted by Gasteiger charge is -2.34. The summed E-state index contributed by atoms with van der Waals surface area (Å²) in [7, 11) is 0. The third kappa shape index (κ3) is 4.78. The van der Waals surface area contributed by atoms with Crippen LogP contribution in [0.2, 0.25) is 0 Å². The van der Waals surface area contributed by atoms with E-state index >= 15 is 0 Å². The fourth-order valence-electron chi connectivity index (χ4n) is 4.41. The van der Waals surface area contributed by atoms with Gasteiger partial charge in [-0.25, -0.2) is 22.0 Å². The number of nitrogens with one attached hydrogen (secondary N) is 2. The smallest absolute Gasteiger partial charge is 0.252 e. The second-order valence-corrected chi connectivity index (χ2v) is 8.82. The second-order valence-electron chi connectivity index (χ2n) is 8.82. The molecule has 182 valence electrons. The van der Waals surface area contributed by atoms with E-state index in [1.165, 1.54) is 41.2 Å². The van der Waals surface area contributed by atoms with Crippen LogP contribution in [0.1, 0.15) is 36.4 Å². The van der Waals surface area contributed by atoms with E-state index in [1.807, 2.05) is 0 Å². The van der Waals surface area contributed by atoms with Gasteiger partial charge in [-0.05, 0) is 47.9 Å². The number of amides is 1. The Hall–Kier alpha value is -3.69. The molecule has 5 rings (SSSR count). The maximum Gasteiger partial charge on any atom is 0.252 e. The van der Waals surface area contributed by atoms with E-state index in [4.69, 9.17) is 0 Å². The van der Waals surface area contributed by atoms with E-state index in [1.54, 1.807) is 6.20 Å². The molecule has 4 aromatic rings. The van der Waals surface area contributed by atoms with Gasteiger partial charge in [-0.1, -0.05) is 0 Å². The number of H-pyrrole nitrogens is 1. The number of halogens is 5. The standard InChI is InChI=1S/C25H21F5N4O/c26-16-3-1-15(2-4-16)23-19(20-7-17(27)8-21(28)24(20)33-23)5-6-22(35)31-11-14-12-32-34(13-14)18-9-25(29,30)10-18/h1-4,7-8,12-13,18,33H,5-6,9-11H2,(H,31,35). The Balaban J connectivity index is 1.29. The van der Waals surface area contributed by atoms with E-state index in [0.29, 0.717) is 27.8 Å². The largest absolute Gasteiger partial charge is 0.352 e. The number of hydrogen-bond donors (Lipinski definition) is 2. The van der Waals surface area contributed by atoms with Gasteiger partial charge in [-0.2, -0.15) is 5.10 Å². The number of aromatic nitrogens is 3. The molecule has 2 N–H and O–H groups in total. The van der Waals surface area contributed by atoms with Crippen LogP contribution in [0.25, 0.3) is 22.2 Å². The number of hydrogen-bond acceptors (Lipinski definition) is 2. The van der Waals surface area contributed by atoms with Gasteiger partial charge >= 0.3 is 0 Å². The van der Waals surface area contributed by atoms with Crippen LogP contribution in [0.15, 0.2) is 48.8 Å². The Morgan fingerprint density at radius 2 is 1.86 bits per heavy atom. The number of fused-ring (bicyclic) bond motifs is 1. The first kappa shape index (κ1) is 23.1. The Bertz CT molecular complexity index is 1390. The average Bonchev–Trinajstić information content (AvgIpc) is 3.40. The first-order valence-electron chi connectivity index (χ1n) is 11.1. The van der Waals surface area contributed by atoms with Crippen molar-refractivity contribution in [3.8, 4) is 11.3 Å². The maximum absolute atomic E-state index is 14.4. The summed E-state index contributed by atoms with van der Waals surface area (Å²) in [5.41, 5.74) is 2.38. The molecule has 10 heteroatoms. The highest BCUT2D eigenvalue weighted by molar-refractivity contribution is 5.92. The van der Waals surface area contributed by atoms with Gasteiger partial charge in [-0.15, -0.1) is 0 Å². The molecule has 0 radical (unpaired) electrons. The van der Waals surface area contributed by atoms with Crippen molar-refractivity contribution < 1.29 is 26.7 Å². The summed E-state index contributed by atoms with van der Waals surface area (Å²) in [4.78, 5) is 15.5. The molecule has 2 heterocycles. The predicted octanol–water partition coefficient (Wildman–Crippen LogP) is 5.67. The number of aryl methyl sites for hydroxylation is 1. The molecule has 1 amide bonds. The molecule has 0 saturated heterocycles. The monoisotopic (exact) mass is 488 g/mol. The molecule has 0 atom stereocenters. The Morgan fingerprint density at radius 1 is 1.11 bits per heavy atom. The first-order chi connectivity index (χ1) is 16.7. The van der Waals surface area contributed by atoms with Crippen LogP contribution in [0, 0.1) is 17.5 Å². The van der Waals surface area contributed by atoms with Crippen LogP contribution < -0.4 is 5.32 Å². The van der Waals surface area contributed by atoms with Crippen LogP contribution in [0.4, 0.5) is 22.0 Å². The van der Waals surface area contributed by atoms with E-state index in [2.05, 4.69) is 15.4 Å². The molecule has 35 heavy (non-hydrogen) atoms. The topological polar surface area (TPSA) is 62.7 Å². The van der Waals surface area contributed by atoms with Crippen molar-refractivity contribution in [3.05, 3.63) is 77.4 Å². The zero-order chi connectivity index (χ0) is 24.7. The summed E-state index contributed by atoms with van der Waals surface area (Å²) in [6, 6.07) is 7.20. The third-order valence-electron chi connectivity index (χ3n) is 6.25. The molecule has 1 aliphatic rings. The van der Waals surface area contributed by atoms with Gasteiger partial charge in [0.15, 0.2) is 0 Å². The third-order valence-corrected chi connectivity index (χ3v) is 6.25. The molecule has 0 bridgehead atoms. The van der Waals surface area contributed by atoms with Crippen molar-refractivity contribution in [3.63, 3.8) is 0 Å². The highest BCUT2D eigenvalue weighted by Crippen LogP contribution is 2.45. The molecule has 1 saturated carbocycles. The minimum atomic E-state index is -2.65. The van der Waals surface area contributed by atoms with Crippen molar-refractivity contribution in [1.82, 2.24) is 20.1 Å². The number of benzene rings is 2. The lowest BCUT2D eigenvalue weighted by atomic mass is 9.88. The Kier molecular flexibility index (Phi) is 5.82. The fraction of sp³-hybridized carbons (Fsp3) is 0.280. The summed E-state index contributed by atoms with van der Waals surface area (Å²) in [5.74, 6) is -4.89. The minimum Gasteiger partial charge on any atom is -0.352 e. The van der Waals surface area contributed by atoms with E-state index < -0.39 is 23.4 Å². The molecule has 1 fully saturated rings. The Labute approximate surface area is 196 Å². The second kappa shape index (κ2) is 8.83. The van der Waals surface area contributed by atoms with Gasteiger partial charge in [0.2, 0.25) is 5.91 Å². The summed E-state index contributed by atoms with van der Waals surface area (Å²) < 4.78 is 69.4. The number of carbonyl (C=O) groups is 1. The molecule has 1 aliphatic carbocycles. The van der Waals surface area contributed by atoms with Crippen molar-refractivity contribution in [2.45, 2.75) is 44.2 Å². The van der Waals surface area contributed by atoms with Crippen LogP contribution in [0.5, 0.6) is 0 Å². The molecule has 0 spiro atoms. The average molecular weight is 488 g/mol. The van der Waals surface area contributed by atoms with Crippen molar-refractivity contribution in [2.24, 2.45) is 0 Å². The van der Waals surface area contributed by atoms with Crippen LogP contribution in [0.3, 0.4) is 0 Å². The predicted molar refractivity (Wildman–Crippen MR) is 119 cm³/mol. The van der Waals surface area contributed by atoms with Crippen molar-refractivity contribution in [1.29, 1.82) is 0 Å². The lowest BCUT2D eigenvalue weighted by molar-refractivity contribution is -0.121. The summed E-state index contributed by atoms with van der Waals surface area (Å²) in [6.45, 7) is 0.171. The number of alkyl halides is 2. The van der Waals surface area contributed by atoms with Gasteiger partial charge in [0, 0.05) is 54.7 Å². The summed E-state index contributed by atoms with van der Waals surface area (Å²) in [5, 5.41) is 7.17. The van der Waals surface area contributed by atoms with Crippen LogP contribution >= 0.6 is 0 Å². The number of nitrogens with zero attached hydrogens (tertiary/aromatic N) is 2. The molecule has 0 aliphatic heterocycles. The van der Waals surface area contributed by atoms with Gasteiger partial charge in [-0.3, -0.25) is 9.48 Å². The molecular formula is C25H21F5N4O. The minimum absolute atomic E-state index is 0.0300. The van der Waals surface area contributed by atoms with Gasteiger partial charge in [0.1, 0.15) is 17.5 Å². The highest BCUT2D eigenvalue weighted by atomic mass is 19.3. The van der Waals surface area contributed by atoms with Crippen molar-refractivity contribution >= 4 is 16.8 Å². The lowest BCUT2D eigenvalue weighted by Crippen LogP contribution is -2.37. The molecule has 2 aromatic heterocycles. The zero-order valence-electron chi connectivity index (χ0n) is 18.4. The molecule has 0 unspecified atom stereocenters. The van der Waals surface area contributed by atoms with Gasteiger partial charge < -0.3 is 10.3 Å².